The summed E-state index contributed by atoms with van der Waals surface area (Å²) in [4.78, 5) is 16.9. The molecule has 4 nitrogen and oxygen atoms in total. The Morgan fingerprint density at radius 3 is 2.40 bits per heavy atom. The van der Waals surface area contributed by atoms with Crippen molar-refractivity contribution in [3.63, 3.8) is 0 Å². The topological polar surface area (TPSA) is 46.9 Å². The fraction of sp³-hybridized carbons (Fsp3) is 0.120. The summed E-state index contributed by atoms with van der Waals surface area (Å²) in [6.07, 6.45) is 5.95. The van der Waals surface area contributed by atoms with Gasteiger partial charge in [0.1, 0.15) is 5.82 Å². The van der Waals surface area contributed by atoms with Crippen LogP contribution in [0, 0.1) is 5.82 Å². The number of nitrogens with one attached hydrogen (secondary N) is 1. The molecule has 5 heteroatoms. The molecule has 0 aliphatic carbocycles. The summed E-state index contributed by atoms with van der Waals surface area (Å²) in [5, 5.41) is 3.05. The Hall–Kier alpha value is -3.73. The maximum absolute atomic E-state index is 14.7. The van der Waals surface area contributed by atoms with Crippen LogP contribution >= 0.6 is 0 Å². The predicted octanol–water partition coefficient (Wildman–Crippen LogP) is 4.73. The van der Waals surface area contributed by atoms with Gasteiger partial charge in [0.05, 0.1) is 12.4 Å². The maximum atomic E-state index is 14.7. The van der Waals surface area contributed by atoms with Crippen LogP contribution in [-0.4, -0.2) is 21.5 Å². The van der Waals surface area contributed by atoms with Crippen LogP contribution in [0.25, 0.3) is 11.1 Å². The Bertz CT molecular complexity index is 1100. The Morgan fingerprint density at radius 2 is 1.73 bits per heavy atom. The van der Waals surface area contributed by atoms with Gasteiger partial charge in [0.25, 0.3) is 5.91 Å². The molecule has 1 aromatic heterocycles. The van der Waals surface area contributed by atoms with Crippen molar-refractivity contribution in [2.45, 2.75) is 19.0 Å². The molecule has 0 bridgehead atoms. The summed E-state index contributed by atoms with van der Waals surface area (Å²) in [7, 11) is 0. The van der Waals surface area contributed by atoms with Gasteiger partial charge in [-0.15, -0.1) is 0 Å². The number of aromatic nitrogens is 2. The molecule has 0 fully saturated rings. The predicted molar refractivity (Wildman–Crippen MR) is 115 cm³/mol. The maximum Gasteiger partial charge on any atom is 0.251 e. The average molecular weight is 399 g/mol. The van der Waals surface area contributed by atoms with E-state index in [1.54, 1.807) is 24.7 Å². The van der Waals surface area contributed by atoms with Crippen molar-refractivity contribution in [1.82, 2.24) is 14.9 Å². The molecule has 1 N–H and O–H groups in total. The minimum atomic E-state index is -0.414. The summed E-state index contributed by atoms with van der Waals surface area (Å²) in [5.41, 5.74) is 2.68. The number of rotatable bonds is 7. The Balaban J connectivity index is 1.52. The quantitative estimate of drug-likeness (QED) is 0.488. The minimum absolute atomic E-state index is 0.161. The first kappa shape index (κ1) is 19.6. The molecule has 1 amide bonds. The van der Waals surface area contributed by atoms with Gasteiger partial charge >= 0.3 is 0 Å². The normalized spacial score (nSPS) is 11.8. The molecule has 4 rings (SSSR count). The van der Waals surface area contributed by atoms with Crippen LogP contribution in [0.1, 0.15) is 15.9 Å². The van der Waals surface area contributed by atoms with Gasteiger partial charge in [0, 0.05) is 30.1 Å². The lowest BCUT2D eigenvalue weighted by atomic mass is 10.0. The Morgan fingerprint density at radius 1 is 1.00 bits per heavy atom. The molecule has 0 unspecified atom stereocenters. The minimum Gasteiger partial charge on any atom is -0.347 e. The number of nitrogens with zero attached hydrogens (tertiary/aromatic N) is 2. The van der Waals surface area contributed by atoms with E-state index >= 15 is 0 Å². The van der Waals surface area contributed by atoms with Gasteiger partial charge in [-0.1, -0.05) is 66.7 Å². The van der Waals surface area contributed by atoms with Crippen LogP contribution in [0.3, 0.4) is 0 Å². The molecule has 3 aromatic carbocycles. The van der Waals surface area contributed by atoms with E-state index < -0.39 is 5.82 Å². The molecule has 1 atom stereocenters. The highest BCUT2D eigenvalue weighted by atomic mass is 19.1. The highest BCUT2D eigenvalue weighted by Gasteiger charge is 2.17. The second-order valence-electron chi connectivity index (χ2n) is 7.18. The standard InChI is InChI=1S/C25H22FN3O/c26-24-16-21(11-12-23(24)20-9-5-2-6-10-20)25(30)28-22(17-29-14-13-27-18-29)15-19-7-3-1-4-8-19/h1-14,16,18,22H,15,17H2,(H,28,30)/t22-/m0/s1. The van der Waals surface area contributed by atoms with E-state index in [0.717, 1.165) is 11.1 Å². The highest BCUT2D eigenvalue weighted by Crippen LogP contribution is 2.23. The molecular weight excluding hydrogens is 377 g/mol. The zero-order chi connectivity index (χ0) is 20.8. The summed E-state index contributed by atoms with van der Waals surface area (Å²) in [6.45, 7) is 0.575. The summed E-state index contributed by atoms with van der Waals surface area (Å²) in [6, 6.07) is 23.7. The molecular formula is C25H22FN3O. The third-order valence-electron chi connectivity index (χ3n) is 4.97. The third kappa shape index (κ3) is 4.81. The molecule has 0 spiro atoms. The number of imidazole rings is 1. The van der Waals surface area contributed by atoms with E-state index in [-0.39, 0.29) is 11.9 Å². The molecule has 0 radical (unpaired) electrons. The van der Waals surface area contributed by atoms with E-state index in [1.165, 1.54) is 6.07 Å². The number of benzene rings is 3. The number of hydrogen-bond donors (Lipinski definition) is 1. The number of carbonyl (C=O) groups excluding carboxylic acids is 1. The van der Waals surface area contributed by atoms with Gasteiger partial charge < -0.3 is 9.88 Å². The lowest BCUT2D eigenvalue weighted by Crippen LogP contribution is -2.39. The third-order valence-corrected chi connectivity index (χ3v) is 4.97. The zero-order valence-corrected chi connectivity index (χ0v) is 16.4. The molecule has 1 heterocycles. The molecule has 0 saturated heterocycles. The van der Waals surface area contributed by atoms with Crippen LogP contribution in [0.15, 0.2) is 97.6 Å². The molecule has 0 saturated carbocycles. The number of hydrogen-bond acceptors (Lipinski definition) is 2. The Kier molecular flexibility index (Phi) is 5.99. The first-order chi connectivity index (χ1) is 14.7. The van der Waals surface area contributed by atoms with Crippen LogP contribution in [0.4, 0.5) is 4.39 Å². The zero-order valence-electron chi connectivity index (χ0n) is 16.4. The van der Waals surface area contributed by atoms with Gasteiger partial charge in [-0.3, -0.25) is 4.79 Å². The van der Waals surface area contributed by atoms with Crippen molar-refractivity contribution < 1.29 is 9.18 Å². The monoisotopic (exact) mass is 399 g/mol. The van der Waals surface area contributed by atoms with Crippen molar-refractivity contribution in [3.8, 4) is 11.1 Å². The SMILES string of the molecule is O=C(N[C@@H](Cc1ccccc1)Cn1ccnc1)c1ccc(-c2ccccc2)c(F)c1. The molecule has 4 aromatic rings. The van der Waals surface area contributed by atoms with Gasteiger partial charge in [0.15, 0.2) is 0 Å². The van der Waals surface area contributed by atoms with Gasteiger partial charge in [-0.25, -0.2) is 9.37 Å². The second-order valence-corrected chi connectivity index (χ2v) is 7.18. The summed E-state index contributed by atoms with van der Waals surface area (Å²) >= 11 is 0. The molecule has 0 aliphatic heterocycles. The summed E-state index contributed by atoms with van der Waals surface area (Å²) < 4.78 is 16.6. The van der Waals surface area contributed by atoms with Gasteiger partial charge in [-0.05, 0) is 29.7 Å². The van der Waals surface area contributed by atoms with Crippen LogP contribution in [0.5, 0.6) is 0 Å². The van der Waals surface area contributed by atoms with Crippen LogP contribution in [-0.2, 0) is 13.0 Å². The number of carbonyl (C=O) groups is 1. The van der Waals surface area contributed by atoms with Crippen molar-refractivity contribution in [2.75, 3.05) is 0 Å². The van der Waals surface area contributed by atoms with Crippen molar-refractivity contribution >= 4 is 5.91 Å². The smallest absolute Gasteiger partial charge is 0.251 e. The first-order valence-electron chi connectivity index (χ1n) is 9.84. The number of amides is 1. The van der Waals surface area contributed by atoms with E-state index in [9.17, 15) is 9.18 Å². The first-order valence-corrected chi connectivity index (χ1v) is 9.84. The fourth-order valence-electron chi connectivity index (χ4n) is 3.49. The second kappa shape index (κ2) is 9.18. The highest BCUT2D eigenvalue weighted by molar-refractivity contribution is 5.95. The van der Waals surface area contributed by atoms with Gasteiger partial charge in [0.2, 0.25) is 0 Å². The lowest BCUT2D eigenvalue weighted by Gasteiger charge is -2.20. The largest absolute Gasteiger partial charge is 0.347 e. The Labute approximate surface area is 175 Å². The van der Waals surface area contributed by atoms with E-state index in [1.807, 2.05) is 71.4 Å². The van der Waals surface area contributed by atoms with Crippen molar-refractivity contribution in [3.05, 3.63) is 115 Å². The molecule has 0 aliphatic rings. The van der Waals surface area contributed by atoms with Gasteiger partial charge in [-0.2, -0.15) is 0 Å². The van der Waals surface area contributed by atoms with E-state index in [2.05, 4.69) is 10.3 Å². The van der Waals surface area contributed by atoms with Crippen LogP contribution in [0.2, 0.25) is 0 Å². The molecule has 150 valence electrons. The lowest BCUT2D eigenvalue weighted by molar-refractivity contribution is 0.0932. The fourth-order valence-corrected chi connectivity index (χ4v) is 3.49. The van der Waals surface area contributed by atoms with Crippen molar-refractivity contribution in [2.24, 2.45) is 0 Å². The molecule has 30 heavy (non-hydrogen) atoms. The summed E-state index contributed by atoms with van der Waals surface area (Å²) in [5.74, 6) is -0.711. The van der Waals surface area contributed by atoms with Crippen LogP contribution < -0.4 is 5.32 Å². The number of halogens is 1. The van der Waals surface area contributed by atoms with E-state index in [0.29, 0.717) is 24.1 Å². The average Bonchev–Trinajstić information content (AvgIpc) is 3.28. The van der Waals surface area contributed by atoms with Crippen molar-refractivity contribution in [1.29, 1.82) is 0 Å². The van der Waals surface area contributed by atoms with E-state index in [4.69, 9.17) is 0 Å².